The molecule has 0 aliphatic carbocycles. The molecule has 2 aromatic rings. The number of carbonyl (C=O) groups is 1. The van der Waals surface area contributed by atoms with Gasteiger partial charge in [0.1, 0.15) is 0 Å². The lowest BCUT2D eigenvalue weighted by atomic mass is 9.91. The second-order valence-electron chi connectivity index (χ2n) is 6.50. The van der Waals surface area contributed by atoms with Gasteiger partial charge in [0, 0.05) is 26.2 Å². The summed E-state index contributed by atoms with van der Waals surface area (Å²) >= 11 is 0. The van der Waals surface area contributed by atoms with Gasteiger partial charge in [0.25, 0.3) is 0 Å². The molecule has 23 heavy (non-hydrogen) atoms. The minimum Gasteiger partial charge on any atom is -0.339 e. The molecule has 2 heterocycles. The van der Waals surface area contributed by atoms with Crippen LogP contribution >= 0.6 is 0 Å². The maximum absolute atomic E-state index is 12.7. The number of carbonyl (C=O) groups excluding carboxylic acids is 1. The molecule has 0 spiro atoms. The first-order valence-corrected chi connectivity index (χ1v) is 8.45. The fourth-order valence-corrected chi connectivity index (χ4v) is 3.84. The normalized spacial score (nSPS) is 20.7. The van der Waals surface area contributed by atoms with Crippen LogP contribution in [0, 0.1) is 0 Å². The number of piperazine rings is 1. The molecular weight excluding hydrogens is 284 g/mol. The van der Waals surface area contributed by atoms with Crippen molar-refractivity contribution >= 4 is 5.91 Å². The zero-order chi connectivity index (χ0) is 15.6. The van der Waals surface area contributed by atoms with Crippen LogP contribution < -0.4 is 0 Å². The minimum absolute atomic E-state index is 0.249. The summed E-state index contributed by atoms with van der Waals surface area (Å²) in [7, 11) is 0. The van der Waals surface area contributed by atoms with Crippen LogP contribution in [0.5, 0.6) is 0 Å². The summed E-state index contributed by atoms with van der Waals surface area (Å²) in [6, 6.07) is 19.1. The first-order valence-electron chi connectivity index (χ1n) is 8.45. The van der Waals surface area contributed by atoms with Crippen molar-refractivity contribution in [3.05, 3.63) is 71.3 Å². The molecular formula is C20H22N2O. The van der Waals surface area contributed by atoms with E-state index in [0.717, 1.165) is 38.2 Å². The summed E-state index contributed by atoms with van der Waals surface area (Å²) in [6.07, 6.45) is 1.64. The molecule has 0 bridgehead atoms. The Hall–Kier alpha value is -2.13. The molecule has 118 valence electrons. The van der Waals surface area contributed by atoms with Gasteiger partial charge in [0.15, 0.2) is 0 Å². The van der Waals surface area contributed by atoms with Crippen LogP contribution in [0.3, 0.4) is 0 Å². The van der Waals surface area contributed by atoms with E-state index in [1.807, 2.05) is 30.3 Å². The van der Waals surface area contributed by atoms with Crippen LogP contribution in [0.1, 0.15) is 22.7 Å². The van der Waals surface area contributed by atoms with Crippen molar-refractivity contribution in [3.8, 4) is 0 Å². The molecule has 0 aromatic heterocycles. The Morgan fingerprint density at radius 2 is 1.74 bits per heavy atom. The molecule has 1 saturated heterocycles. The van der Waals surface area contributed by atoms with Gasteiger partial charge in [0.2, 0.25) is 5.91 Å². The van der Waals surface area contributed by atoms with Gasteiger partial charge in [-0.05, 0) is 23.1 Å². The molecule has 0 saturated carbocycles. The van der Waals surface area contributed by atoms with Crippen LogP contribution in [0.25, 0.3) is 0 Å². The van der Waals surface area contributed by atoms with Gasteiger partial charge in [-0.3, -0.25) is 9.69 Å². The summed E-state index contributed by atoms with van der Waals surface area (Å²) < 4.78 is 0. The highest BCUT2D eigenvalue weighted by Crippen LogP contribution is 2.32. The average Bonchev–Trinajstić information content (AvgIpc) is 2.62. The number of hydrogen-bond donors (Lipinski definition) is 0. The van der Waals surface area contributed by atoms with Crippen molar-refractivity contribution in [1.29, 1.82) is 0 Å². The Morgan fingerprint density at radius 3 is 2.61 bits per heavy atom. The molecule has 0 radical (unpaired) electrons. The Bertz CT molecular complexity index is 698. The monoisotopic (exact) mass is 306 g/mol. The maximum Gasteiger partial charge on any atom is 0.227 e. The molecule has 2 aromatic carbocycles. The smallest absolute Gasteiger partial charge is 0.227 e. The van der Waals surface area contributed by atoms with E-state index in [1.54, 1.807) is 0 Å². The topological polar surface area (TPSA) is 23.6 Å². The molecule has 1 amide bonds. The largest absolute Gasteiger partial charge is 0.339 e. The van der Waals surface area contributed by atoms with Crippen LogP contribution in [-0.4, -0.2) is 41.9 Å². The lowest BCUT2D eigenvalue weighted by Gasteiger charge is -2.45. The standard InChI is InChI=1S/C20H22N2O/c23-20(14-16-6-2-1-3-7-16)22-13-12-21-11-10-17-8-4-5-9-18(17)19(21)15-22/h1-9,19H,10-15H2. The molecule has 2 aliphatic rings. The molecule has 1 unspecified atom stereocenters. The van der Waals surface area contributed by atoms with Crippen LogP contribution in [0.15, 0.2) is 54.6 Å². The van der Waals surface area contributed by atoms with Crippen molar-refractivity contribution in [2.45, 2.75) is 18.9 Å². The Morgan fingerprint density at radius 1 is 0.957 bits per heavy atom. The first kappa shape index (κ1) is 14.5. The number of amides is 1. The van der Waals surface area contributed by atoms with E-state index in [0.29, 0.717) is 12.5 Å². The molecule has 0 N–H and O–H groups in total. The molecule has 4 rings (SSSR count). The van der Waals surface area contributed by atoms with E-state index in [1.165, 1.54) is 11.1 Å². The van der Waals surface area contributed by atoms with Crippen molar-refractivity contribution in [3.63, 3.8) is 0 Å². The van der Waals surface area contributed by atoms with E-state index < -0.39 is 0 Å². The zero-order valence-electron chi connectivity index (χ0n) is 13.3. The number of benzene rings is 2. The third kappa shape index (κ3) is 2.89. The van der Waals surface area contributed by atoms with Gasteiger partial charge < -0.3 is 4.90 Å². The highest BCUT2D eigenvalue weighted by molar-refractivity contribution is 5.79. The molecule has 3 nitrogen and oxygen atoms in total. The third-order valence-corrected chi connectivity index (χ3v) is 5.12. The maximum atomic E-state index is 12.7. The molecule has 1 atom stereocenters. The molecule has 3 heteroatoms. The summed E-state index contributed by atoms with van der Waals surface area (Å²) in [6.45, 7) is 3.77. The minimum atomic E-state index is 0.249. The fraction of sp³-hybridized carbons (Fsp3) is 0.350. The lowest BCUT2D eigenvalue weighted by molar-refractivity contribution is -0.133. The van der Waals surface area contributed by atoms with Gasteiger partial charge in [-0.25, -0.2) is 0 Å². The number of rotatable bonds is 2. The van der Waals surface area contributed by atoms with Gasteiger partial charge in [-0.2, -0.15) is 0 Å². The highest BCUT2D eigenvalue weighted by Gasteiger charge is 2.33. The first-order chi connectivity index (χ1) is 11.3. The number of hydrogen-bond acceptors (Lipinski definition) is 2. The van der Waals surface area contributed by atoms with Gasteiger partial charge >= 0.3 is 0 Å². The second-order valence-corrected chi connectivity index (χ2v) is 6.50. The van der Waals surface area contributed by atoms with Gasteiger partial charge in [-0.15, -0.1) is 0 Å². The Labute approximate surface area is 137 Å². The van der Waals surface area contributed by atoms with Crippen molar-refractivity contribution < 1.29 is 4.79 Å². The van der Waals surface area contributed by atoms with E-state index >= 15 is 0 Å². The summed E-state index contributed by atoms with van der Waals surface area (Å²) in [5.41, 5.74) is 3.96. The predicted molar refractivity (Wildman–Crippen MR) is 91.2 cm³/mol. The molecule has 2 aliphatic heterocycles. The van der Waals surface area contributed by atoms with E-state index in [4.69, 9.17) is 0 Å². The summed E-state index contributed by atoms with van der Waals surface area (Å²) in [5, 5.41) is 0. The van der Waals surface area contributed by atoms with Crippen molar-refractivity contribution in [2.24, 2.45) is 0 Å². The zero-order valence-corrected chi connectivity index (χ0v) is 13.3. The Balaban J connectivity index is 1.50. The van der Waals surface area contributed by atoms with Crippen LogP contribution in [0.2, 0.25) is 0 Å². The highest BCUT2D eigenvalue weighted by atomic mass is 16.2. The van der Waals surface area contributed by atoms with E-state index in [2.05, 4.69) is 34.1 Å². The molecule has 1 fully saturated rings. The van der Waals surface area contributed by atoms with Crippen LogP contribution in [0.4, 0.5) is 0 Å². The van der Waals surface area contributed by atoms with Crippen molar-refractivity contribution in [1.82, 2.24) is 9.80 Å². The second kappa shape index (κ2) is 6.17. The Kier molecular flexibility index (Phi) is 3.88. The number of nitrogens with zero attached hydrogens (tertiary/aromatic N) is 2. The quantitative estimate of drug-likeness (QED) is 0.851. The van der Waals surface area contributed by atoms with Crippen LogP contribution in [-0.2, 0) is 17.6 Å². The average molecular weight is 306 g/mol. The predicted octanol–water partition coefficient (Wildman–Crippen LogP) is 2.67. The summed E-state index contributed by atoms with van der Waals surface area (Å²) in [5.74, 6) is 0.249. The third-order valence-electron chi connectivity index (χ3n) is 5.12. The van der Waals surface area contributed by atoms with E-state index in [-0.39, 0.29) is 5.91 Å². The van der Waals surface area contributed by atoms with Gasteiger partial charge in [0.05, 0.1) is 12.5 Å². The van der Waals surface area contributed by atoms with Crippen molar-refractivity contribution in [2.75, 3.05) is 26.2 Å². The fourth-order valence-electron chi connectivity index (χ4n) is 3.84. The SMILES string of the molecule is O=C(Cc1ccccc1)N1CCN2CCc3ccccc3C2C1. The van der Waals surface area contributed by atoms with E-state index in [9.17, 15) is 4.79 Å². The lowest BCUT2D eigenvalue weighted by Crippen LogP contribution is -2.52. The number of fused-ring (bicyclic) bond motifs is 3. The summed E-state index contributed by atoms with van der Waals surface area (Å²) in [4.78, 5) is 17.2. The van der Waals surface area contributed by atoms with Gasteiger partial charge in [-0.1, -0.05) is 54.6 Å².